The molecule has 0 aliphatic carbocycles. The van der Waals surface area contributed by atoms with Gasteiger partial charge in [-0.2, -0.15) is 0 Å². The molecule has 0 saturated carbocycles. The third-order valence-corrected chi connectivity index (χ3v) is 16.7. The molecule has 0 aromatic rings. The Morgan fingerprint density at radius 3 is 1.31 bits per heavy atom. The van der Waals surface area contributed by atoms with E-state index >= 15 is 0 Å². The van der Waals surface area contributed by atoms with Crippen LogP contribution < -0.4 is 5.32 Å². The van der Waals surface area contributed by atoms with Crippen LogP contribution in [0.2, 0.25) is 0 Å². The van der Waals surface area contributed by atoms with Crippen molar-refractivity contribution < 1.29 is 64.6 Å². The number of allylic oxidation sites excluding steroid dienone is 9. The molecule has 0 bridgehead atoms. The third kappa shape index (κ3) is 38.9. The van der Waals surface area contributed by atoms with Crippen LogP contribution >= 0.6 is 0 Å². The quantitative estimate of drug-likeness (QED) is 0.0204. The maximum atomic E-state index is 13.3. The summed E-state index contributed by atoms with van der Waals surface area (Å²) < 4.78 is 22.8. The second kappa shape index (κ2) is 54.8. The molecule has 84 heavy (non-hydrogen) atoms. The second-order valence-corrected chi connectivity index (χ2v) is 24.3. The molecule has 14 nitrogen and oxygen atoms in total. The molecule has 0 radical (unpaired) electrons. The summed E-state index contributed by atoms with van der Waals surface area (Å²) in [4.78, 5) is 13.3. The molecule has 12 atom stereocenters. The molecule has 14 heteroatoms. The van der Waals surface area contributed by atoms with Gasteiger partial charge in [0.15, 0.2) is 12.6 Å². The molecule has 2 fully saturated rings. The van der Waals surface area contributed by atoms with Crippen LogP contribution in [0.4, 0.5) is 0 Å². The van der Waals surface area contributed by atoms with Crippen LogP contribution in [0.5, 0.6) is 0 Å². The van der Waals surface area contributed by atoms with Crippen LogP contribution in [-0.4, -0.2) is 140 Å². The summed E-state index contributed by atoms with van der Waals surface area (Å²) in [5.41, 5.74) is 0. The number of carbonyl (C=O) groups is 1. The van der Waals surface area contributed by atoms with Gasteiger partial charge in [0.05, 0.1) is 32.0 Å². The lowest BCUT2D eigenvalue weighted by molar-refractivity contribution is -0.359. The Kier molecular flexibility index (Phi) is 50.8. The fourth-order valence-electron chi connectivity index (χ4n) is 11.2. The SMILES string of the molecule is CC/C=C\C/C=C\C/C=C\CCCCCCCCCC(=O)NC(COC1OC(CO)C(OC2OC(CO)C(O)C(O)C2O)C(O)C1O)C(O)/C=C/CC/C=C/CCCCCCCCCCCCCCCCCCCCCCCCCCCCC. The van der Waals surface area contributed by atoms with Crippen LogP contribution in [0.1, 0.15) is 284 Å². The van der Waals surface area contributed by atoms with Gasteiger partial charge in [-0.3, -0.25) is 4.79 Å². The Bertz CT molecular complexity index is 1640. The number of nitrogens with one attached hydrogen (secondary N) is 1. The van der Waals surface area contributed by atoms with Crippen molar-refractivity contribution in [3.05, 3.63) is 60.8 Å². The van der Waals surface area contributed by atoms with E-state index in [-0.39, 0.29) is 18.9 Å². The van der Waals surface area contributed by atoms with E-state index in [0.29, 0.717) is 12.8 Å². The maximum absolute atomic E-state index is 13.3. The van der Waals surface area contributed by atoms with Gasteiger partial charge in [0.2, 0.25) is 5.91 Å². The monoisotopic (exact) mass is 1190 g/mol. The summed E-state index contributed by atoms with van der Waals surface area (Å²) in [5.74, 6) is -0.259. The van der Waals surface area contributed by atoms with Crippen molar-refractivity contribution >= 4 is 5.91 Å². The minimum atomic E-state index is -1.79. The van der Waals surface area contributed by atoms with Crippen molar-refractivity contribution in [2.45, 2.75) is 357 Å². The molecular weight excluding hydrogens is 1060 g/mol. The molecular formula is C70H127NO13. The van der Waals surface area contributed by atoms with E-state index in [1.54, 1.807) is 6.08 Å². The van der Waals surface area contributed by atoms with Gasteiger partial charge < -0.3 is 65.1 Å². The van der Waals surface area contributed by atoms with E-state index in [0.717, 1.165) is 70.6 Å². The van der Waals surface area contributed by atoms with E-state index in [4.69, 9.17) is 18.9 Å². The Morgan fingerprint density at radius 1 is 0.440 bits per heavy atom. The molecule has 0 aromatic heterocycles. The average molecular weight is 1190 g/mol. The minimum Gasteiger partial charge on any atom is -0.394 e. The number of carbonyl (C=O) groups excluding carboxylic acids is 1. The van der Waals surface area contributed by atoms with Crippen LogP contribution in [0.15, 0.2) is 60.8 Å². The molecule has 2 heterocycles. The largest absolute Gasteiger partial charge is 0.394 e. The molecule has 2 rings (SSSR count). The smallest absolute Gasteiger partial charge is 0.220 e. The number of ether oxygens (including phenoxy) is 4. The normalized spacial score (nSPS) is 24.0. The Hall–Kier alpha value is -2.31. The van der Waals surface area contributed by atoms with Crippen molar-refractivity contribution in [3.8, 4) is 0 Å². The van der Waals surface area contributed by atoms with Crippen molar-refractivity contribution in [1.82, 2.24) is 5.32 Å². The lowest BCUT2D eigenvalue weighted by Gasteiger charge is -2.46. The highest BCUT2D eigenvalue weighted by Gasteiger charge is 2.51. The first-order valence-corrected chi connectivity index (χ1v) is 34.5. The number of rotatable bonds is 56. The third-order valence-electron chi connectivity index (χ3n) is 16.7. The molecule has 2 aliphatic rings. The molecule has 2 aliphatic heterocycles. The Labute approximate surface area is 511 Å². The van der Waals surface area contributed by atoms with Crippen LogP contribution in [-0.2, 0) is 23.7 Å². The van der Waals surface area contributed by atoms with Crippen molar-refractivity contribution in [3.63, 3.8) is 0 Å². The summed E-state index contributed by atoms with van der Waals surface area (Å²) in [7, 11) is 0. The van der Waals surface area contributed by atoms with Crippen molar-refractivity contribution in [1.29, 1.82) is 0 Å². The first-order valence-electron chi connectivity index (χ1n) is 34.5. The number of hydrogen-bond donors (Lipinski definition) is 9. The van der Waals surface area contributed by atoms with E-state index in [9.17, 15) is 45.6 Å². The maximum Gasteiger partial charge on any atom is 0.220 e. The van der Waals surface area contributed by atoms with Gasteiger partial charge >= 0.3 is 0 Å². The lowest BCUT2D eigenvalue weighted by Crippen LogP contribution is -2.65. The molecule has 490 valence electrons. The highest BCUT2D eigenvalue weighted by molar-refractivity contribution is 5.76. The summed E-state index contributed by atoms with van der Waals surface area (Å²) in [6, 6.07) is -0.941. The first-order chi connectivity index (χ1) is 41.1. The Balaban J connectivity index is 1.67. The zero-order valence-corrected chi connectivity index (χ0v) is 53.1. The second-order valence-electron chi connectivity index (χ2n) is 24.3. The average Bonchev–Trinajstić information content (AvgIpc) is 3.18. The Morgan fingerprint density at radius 2 is 0.833 bits per heavy atom. The first kappa shape index (κ1) is 77.8. The molecule has 9 N–H and O–H groups in total. The highest BCUT2D eigenvalue weighted by Crippen LogP contribution is 2.30. The van der Waals surface area contributed by atoms with E-state index in [1.807, 2.05) is 6.08 Å². The van der Waals surface area contributed by atoms with E-state index < -0.39 is 86.8 Å². The fraction of sp³-hybridized carbons (Fsp3) is 0.843. The molecule has 0 spiro atoms. The minimum absolute atomic E-state index is 0.259. The van der Waals surface area contributed by atoms with Gasteiger partial charge in [0.25, 0.3) is 0 Å². The topological polar surface area (TPSA) is 228 Å². The fourth-order valence-corrected chi connectivity index (χ4v) is 11.2. The predicted octanol–water partition coefficient (Wildman–Crippen LogP) is 13.7. The molecule has 0 aromatic carbocycles. The highest BCUT2D eigenvalue weighted by atomic mass is 16.7. The summed E-state index contributed by atoms with van der Waals surface area (Å²) in [6.45, 7) is 2.69. The van der Waals surface area contributed by atoms with Crippen LogP contribution in [0, 0.1) is 0 Å². The van der Waals surface area contributed by atoms with Gasteiger partial charge in [-0.05, 0) is 64.2 Å². The summed E-state index contributed by atoms with van der Waals surface area (Å²) in [6.07, 6.45) is 55.8. The predicted molar refractivity (Wildman–Crippen MR) is 341 cm³/mol. The van der Waals surface area contributed by atoms with Gasteiger partial charge in [0.1, 0.15) is 48.8 Å². The van der Waals surface area contributed by atoms with Gasteiger partial charge in [-0.1, -0.05) is 274 Å². The van der Waals surface area contributed by atoms with Gasteiger partial charge in [0, 0.05) is 6.42 Å². The van der Waals surface area contributed by atoms with Crippen molar-refractivity contribution in [2.24, 2.45) is 0 Å². The summed E-state index contributed by atoms with van der Waals surface area (Å²) >= 11 is 0. The zero-order valence-electron chi connectivity index (χ0n) is 53.1. The zero-order chi connectivity index (χ0) is 60.9. The van der Waals surface area contributed by atoms with E-state index in [1.165, 1.54) is 180 Å². The standard InChI is InChI=1S/C70H127NO13/c1-3-5-7-9-11-13-15-17-19-21-22-23-24-25-26-27-28-29-30-31-32-33-34-35-36-38-39-41-43-45-47-49-51-53-59(74)58(71-62(75)54-52-50-48-46-44-42-40-37-20-18-16-14-12-10-8-6-4-2)57-81-69-67(80)65(78)68(61(56-73)83-69)84-70-66(79)64(77)63(76)60(55-72)82-70/h6,8,12,14,18,20,43,45,51,53,58-61,63-70,72-74,76-80H,3-5,7,9-11,13,15-17,19,21-42,44,46-50,52,54-57H2,1-2H3,(H,71,75)/b8-6-,14-12-,20-18-,45-43+,53-51+. The number of amides is 1. The van der Waals surface area contributed by atoms with Gasteiger partial charge in [-0.15, -0.1) is 0 Å². The number of unbranched alkanes of at least 4 members (excludes halogenated alkanes) is 35. The molecule has 12 unspecified atom stereocenters. The lowest BCUT2D eigenvalue weighted by atomic mass is 9.97. The van der Waals surface area contributed by atoms with Crippen molar-refractivity contribution in [2.75, 3.05) is 19.8 Å². The van der Waals surface area contributed by atoms with Gasteiger partial charge in [-0.25, -0.2) is 0 Å². The molecule has 1 amide bonds. The number of aliphatic hydroxyl groups excluding tert-OH is 8. The summed E-state index contributed by atoms with van der Waals surface area (Å²) in [5, 5.41) is 87.3. The van der Waals surface area contributed by atoms with E-state index in [2.05, 4.69) is 67.8 Å². The van der Waals surface area contributed by atoms with Crippen LogP contribution in [0.25, 0.3) is 0 Å². The number of hydrogen-bond acceptors (Lipinski definition) is 13. The van der Waals surface area contributed by atoms with Crippen LogP contribution in [0.3, 0.4) is 0 Å². The molecule has 2 saturated heterocycles. The number of aliphatic hydroxyl groups is 8.